The molecule has 0 unspecified atom stereocenters. The van der Waals surface area contributed by atoms with Crippen LogP contribution in [-0.2, 0) is 27.2 Å². The van der Waals surface area contributed by atoms with Crippen molar-refractivity contribution in [3.8, 4) is 0 Å². The molecule has 2 aromatic carbocycles. The van der Waals surface area contributed by atoms with E-state index >= 15 is 0 Å². The average Bonchev–Trinajstić information content (AvgIpc) is 3.41. The minimum absolute atomic E-state index is 0.172. The monoisotopic (exact) mass is 598 g/mol. The molecule has 0 spiro atoms. The first-order valence-electron chi connectivity index (χ1n) is 15.0. The molecule has 3 heterocycles. The van der Waals surface area contributed by atoms with Gasteiger partial charge < -0.3 is 22.4 Å². The van der Waals surface area contributed by atoms with Crippen LogP contribution >= 0.6 is 0 Å². The third-order valence-corrected chi connectivity index (χ3v) is 19.1. The fourth-order valence-electron chi connectivity index (χ4n) is 6.63. The quantitative estimate of drug-likeness (QED) is 0.214. The number of hydrazine groups is 1. The maximum Gasteiger partial charge on any atom is 0.335 e. The number of anilines is 2. The summed E-state index contributed by atoms with van der Waals surface area (Å²) in [6, 6.07) is 19.1. The Kier molecular flexibility index (Phi) is 8.83. The molecule has 0 radical (unpaired) electrons. The van der Waals surface area contributed by atoms with Gasteiger partial charge in [0.2, 0.25) is 0 Å². The molecule has 41 heavy (non-hydrogen) atoms. The molecule has 0 amide bonds. The predicted molar refractivity (Wildman–Crippen MR) is 164 cm³/mol. The first kappa shape index (κ1) is 30.4. The lowest BCUT2D eigenvalue weighted by atomic mass is 10.1. The number of nitrogens with zero attached hydrogens (tertiary/aromatic N) is 1. The number of carbonyl (C=O) groups is 1. The predicted octanol–water partition coefficient (Wildman–Crippen LogP) is 6.35. The van der Waals surface area contributed by atoms with Crippen molar-refractivity contribution in [1.29, 1.82) is 0 Å². The Labute approximate surface area is 247 Å². The number of fused-ring (bicyclic) bond motifs is 3. The van der Waals surface area contributed by atoms with E-state index in [1.807, 2.05) is 65.7 Å². The summed E-state index contributed by atoms with van der Waals surface area (Å²) in [5, 5.41) is 1.93. The maximum atomic E-state index is 13.4. The zero-order chi connectivity index (χ0) is 29.5. The van der Waals surface area contributed by atoms with Gasteiger partial charge >= 0.3 is 23.1 Å². The Balaban J connectivity index is 1.49. The normalized spacial score (nSPS) is 28.9. The maximum absolute atomic E-state index is 13.4. The van der Waals surface area contributed by atoms with Crippen molar-refractivity contribution in [2.45, 2.75) is 108 Å². The van der Waals surface area contributed by atoms with Crippen molar-refractivity contribution in [2.24, 2.45) is 0 Å². The van der Waals surface area contributed by atoms with Crippen LogP contribution in [0.25, 0.3) is 0 Å². The molecular weight excluding hydrogens is 553 g/mol. The summed E-state index contributed by atoms with van der Waals surface area (Å²) < 4.78 is 34.2. The largest absolute Gasteiger partial charge is 0.455 e. The number of nitrogens with one attached hydrogen (secondary N) is 1. The molecule has 10 heteroatoms. The van der Waals surface area contributed by atoms with Gasteiger partial charge in [-0.15, -0.1) is 0 Å². The van der Waals surface area contributed by atoms with Crippen LogP contribution in [-0.4, -0.2) is 60.2 Å². The fraction of sp³-hybridized carbons (Fsp3) is 0.581. The topological polar surface area (TPSA) is 78.5 Å². The molecule has 224 valence electrons. The molecule has 3 aliphatic heterocycles. The van der Waals surface area contributed by atoms with Crippen molar-refractivity contribution >= 4 is 34.5 Å². The fourth-order valence-corrected chi connectivity index (χ4v) is 17.8. The Hall–Kier alpha value is -2.06. The van der Waals surface area contributed by atoms with E-state index in [9.17, 15) is 4.79 Å². The molecule has 0 saturated carbocycles. The van der Waals surface area contributed by atoms with E-state index in [4.69, 9.17) is 22.4 Å². The summed E-state index contributed by atoms with van der Waals surface area (Å²) in [5.74, 6) is -0.350. The number of ether oxygens (including phenoxy) is 2. The lowest BCUT2D eigenvalue weighted by Crippen LogP contribution is -2.65. The van der Waals surface area contributed by atoms with E-state index in [1.165, 1.54) is 0 Å². The number of rotatable bonds is 8. The zero-order valence-electron chi connectivity index (χ0n) is 25.6. The summed E-state index contributed by atoms with van der Waals surface area (Å²) in [5.41, 5.74) is 6.09. The van der Waals surface area contributed by atoms with Gasteiger partial charge in [0.15, 0.2) is 12.1 Å². The van der Waals surface area contributed by atoms with Crippen LogP contribution in [0.5, 0.6) is 0 Å². The number of para-hydroxylation sites is 2. The van der Waals surface area contributed by atoms with E-state index in [0.29, 0.717) is 6.61 Å². The highest BCUT2D eigenvalue weighted by Crippen LogP contribution is 2.48. The lowest BCUT2D eigenvalue weighted by molar-refractivity contribution is -0.148. The SMILES string of the molecule is CC(C)[Si]1(C(C)C)OC[C@H]2O[C@H]3[C@H](OC(=O)[C@H]3NN(c3ccccc3)c3ccccc3)[C@@H]2O[Si](C(C)C)(C(C)C)O1. The molecule has 3 aliphatic rings. The zero-order valence-corrected chi connectivity index (χ0v) is 27.6. The van der Waals surface area contributed by atoms with Crippen LogP contribution in [0.15, 0.2) is 60.7 Å². The average molecular weight is 599 g/mol. The number of carbonyl (C=O) groups excluding carboxylic acids is 1. The second-order valence-corrected chi connectivity index (χ2v) is 21.6. The molecule has 0 bridgehead atoms. The van der Waals surface area contributed by atoms with E-state index in [2.05, 4.69) is 60.8 Å². The van der Waals surface area contributed by atoms with Gasteiger partial charge in [0, 0.05) is 0 Å². The van der Waals surface area contributed by atoms with Gasteiger partial charge in [0.05, 0.1) is 18.0 Å². The van der Waals surface area contributed by atoms with Crippen molar-refractivity contribution in [1.82, 2.24) is 5.43 Å². The van der Waals surface area contributed by atoms with E-state index in [0.717, 1.165) is 11.4 Å². The minimum Gasteiger partial charge on any atom is -0.455 e. The van der Waals surface area contributed by atoms with Crippen molar-refractivity contribution in [2.75, 3.05) is 11.6 Å². The molecule has 3 saturated heterocycles. The summed E-state index contributed by atoms with van der Waals surface area (Å²) in [6.07, 6.45) is -1.90. The second-order valence-electron chi connectivity index (χ2n) is 12.7. The van der Waals surface area contributed by atoms with Gasteiger partial charge in [-0.05, 0) is 46.4 Å². The van der Waals surface area contributed by atoms with Gasteiger partial charge in [-0.2, -0.15) is 0 Å². The highest BCUT2D eigenvalue weighted by Gasteiger charge is 2.65. The van der Waals surface area contributed by atoms with Gasteiger partial charge in [-0.3, -0.25) is 9.80 Å². The smallest absolute Gasteiger partial charge is 0.335 e. The van der Waals surface area contributed by atoms with Crippen LogP contribution in [0.1, 0.15) is 55.4 Å². The van der Waals surface area contributed by atoms with E-state index in [-0.39, 0.29) is 34.2 Å². The molecule has 8 nitrogen and oxygen atoms in total. The molecule has 3 fully saturated rings. The molecule has 0 aliphatic carbocycles. The first-order chi connectivity index (χ1) is 19.5. The first-order valence-corrected chi connectivity index (χ1v) is 19.0. The van der Waals surface area contributed by atoms with Crippen LogP contribution < -0.4 is 10.4 Å². The molecule has 1 N–H and O–H groups in total. The summed E-state index contributed by atoms with van der Waals surface area (Å²) in [7, 11) is -5.57. The highest BCUT2D eigenvalue weighted by molar-refractivity contribution is 6.84. The summed E-state index contributed by atoms with van der Waals surface area (Å²) in [6.45, 7) is 18.0. The van der Waals surface area contributed by atoms with Crippen LogP contribution in [0.4, 0.5) is 11.4 Å². The van der Waals surface area contributed by atoms with E-state index in [1.54, 1.807) is 0 Å². The number of esters is 1. The van der Waals surface area contributed by atoms with Crippen molar-refractivity contribution in [3.05, 3.63) is 60.7 Å². The van der Waals surface area contributed by atoms with Gasteiger partial charge in [-0.1, -0.05) is 91.8 Å². The van der Waals surface area contributed by atoms with E-state index < -0.39 is 41.5 Å². The number of hydrogen-bond acceptors (Lipinski definition) is 8. The lowest BCUT2D eigenvalue weighted by Gasteiger charge is -2.51. The Bertz CT molecular complexity index is 1130. The summed E-state index contributed by atoms with van der Waals surface area (Å²) >= 11 is 0. The van der Waals surface area contributed by atoms with Gasteiger partial charge in [0.1, 0.15) is 18.3 Å². The van der Waals surface area contributed by atoms with Crippen LogP contribution in [0.2, 0.25) is 22.2 Å². The van der Waals surface area contributed by atoms with Crippen molar-refractivity contribution in [3.63, 3.8) is 0 Å². The third kappa shape index (κ3) is 5.44. The minimum atomic E-state index is -2.87. The summed E-state index contributed by atoms with van der Waals surface area (Å²) in [4.78, 5) is 13.4. The van der Waals surface area contributed by atoms with Crippen LogP contribution in [0, 0.1) is 0 Å². The highest BCUT2D eigenvalue weighted by atomic mass is 28.5. The molecule has 5 rings (SSSR count). The molecule has 2 aromatic rings. The number of benzene rings is 2. The van der Waals surface area contributed by atoms with Crippen molar-refractivity contribution < 1.29 is 27.2 Å². The Morgan fingerprint density at radius 1 is 0.732 bits per heavy atom. The van der Waals surface area contributed by atoms with Crippen LogP contribution in [0.3, 0.4) is 0 Å². The van der Waals surface area contributed by atoms with Gasteiger partial charge in [0.25, 0.3) is 0 Å². The second kappa shape index (κ2) is 11.9. The van der Waals surface area contributed by atoms with Gasteiger partial charge in [-0.25, -0.2) is 5.43 Å². The Morgan fingerprint density at radius 3 is 1.73 bits per heavy atom. The molecule has 5 atom stereocenters. The number of hydrogen-bond donors (Lipinski definition) is 1. The standard InChI is InChI=1S/C31H46N2O6Si2/c1-20(2)40(21(3)4)35-19-26-28(38-41(39-40,22(5)6)23(7)8)30-29(36-26)27(31(34)37-30)32-33(24-15-11-9-12-16-24)25-17-13-10-14-18-25/h9-18,20-23,26-30,32H,19H2,1-8H3/t26-,27+,28-,29-,30-/m1/s1. The molecular formula is C31H46N2O6Si2. The Morgan fingerprint density at radius 2 is 1.24 bits per heavy atom. The molecule has 0 aromatic heterocycles. The third-order valence-electron chi connectivity index (χ3n) is 8.81.